The molecule has 2 bridgehead atoms. The zero-order valence-corrected chi connectivity index (χ0v) is 13.4. The highest BCUT2D eigenvalue weighted by molar-refractivity contribution is 5.11. The van der Waals surface area contributed by atoms with E-state index in [4.69, 9.17) is 0 Å². The highest BCUT2D eigenvalue weighted by Crippen LogP contribution is 2.44. The van der Waals surface area contributed by atoms with E-state index < -0.39 is 0 Å². The molecule has 0 aromatic rings. The topological polar surface area (TPSA) is 15.3 Å². The monoisotopic (exact) mass is 264 g/mol. The van der Waals surface area contributed by atoms with Gasteiger partial charge in [-0.1, -0.05) is 26.0 Å². The van der Waals surface area contributed by atoms with Gasteiger partial charge in [-0.25, -0.2) is 0 Å². The summed E-state index contributed by atoms with van der Waals surface area (Å²) in [4.78, 5) is 2.31. The van der Waals surface area contributed by atoms with Crippen LogP contribution in [-0.4, -0.2) is 37.6 Å². The Kier molecular flexibility index (Phi) is 5.08. The molecule has 2 heteroatoms. The largest absolute Gasteiger partial charge is 0.310 e. The minimum absolute atomic E-state index is 0.633. The molecule has 2 aliphatic rings. The zero-order valence-electron chi connectivity index (χ0n) is 13.4. The molecule has 110 valence electrons. The molecule has 1 N–H and O–H groups in total. The van der Waals surface area contributed by atoms with Crippen LogP contribution in [0.3, 0.4) is 0 Å². The average molecular weight is 264 g/mol. The van der Waals surface area contributed by atoms with Crippen molar-refractivity contribution in [1.29, 1.82) is 0 Å². The smallest absolute Gasteiger partial charge is 0.0199 e. The number of fused-ring (bicyclic) bond motifs is 2. The third kappa shape index (κ3) is 4.06. The van der Waals surface area contributed by atoms with Gasteiger partial charge in [-0.2, -0.15) is 0 Å². The highest BCUT2D eigenvalue weighted by Gasteiger charge is 2.38. The van der Waals surface area contributed by atoms with Crippen LogP contribution in [-0.2, 0) is 0 Å². The van der Waals surface area contributed by atoms with Crippen molar-refractivity contribution >= 4 is 0 Å². The standard InChI is InChI=1S/C17H32N2/c1-12(2)8-16(11-19(4)5)18-13(3)17-10-14-6-7-15(17)9-14/h6-7,12-18H,8-11H2,1-5H3. The molecular weight excluding hydrogens is 232 g/mol. The lowest BCUT2D eigenvalue weighted by Crippen LogP contribution is -2.47. The van der Waals surface area contributed by atoms with E-state index in [0.717, 1.165) is 30.2 Å². The van der Waals surface area contributed by atoms with Crippen LogP contribution in [0, 0.1) is 23.7 Å². The first kappa shape index (κ1) is 15.1. The molecule has 0 aromatic carbocycles. The van der Waals surface area contributed by atoms with Crippen molar-refractivity contribution < 1.29 is 0 Å². The van der Waals surface area contributed by atoms with Gasteiger partial charge in [-0.3, -0.25) is 0 Å². The van der Waals surface area contributed by atoms with Gasteiger partial charge in [0.1, 0.15) is 0 Å². The third-order valence-corrected chi connectivity index (χ3v) is 4.81. The summed E-state index contributed by atoms with van der Waals surface area (Å²) in [5.74, 6) is 3.37. The van der Waals surface area contributed by atoms with E-state index >= 15 is 0 Å². The predicted molar refractivity (Wildman–Crippen MR) is 83.2 cm³/mol. The molecule has 2 aliphatic carbocycles. The van der Waals surface area contributed by atoms with Crippen LogP contribution in [0.25, 0.3) is 0 Å². The average Bonchev–Trinajstić information content (AvgIpc) is 2.88. The van der Waals surface area contributed by atoms with Gasteiger partial charge in [0.25, 0.3) is 0 Å². The molecule has 5 atom stereocenters. The van der Waals surface area contributed by atoms with Crippen LogP contribution in [0.15, 0.2) is 12.2 Å². The van der Waals surface area contributed by atoms with Gasteiger partial charge in [0, 0.05) is 18.6 Å². The first-order valence-corrected chi connectivity index (χ1v) is 8.04. The van der Waals surface area contributed by atoms with Crippen molar-refractivity contribution in [3.63, 3.8) is 0 Å². The van der Waals surface area contributed by atoms with E-state index in [0.29, 0.717) is 12.1 Å². The lowest BCUT2D eigenvalue weighted by molar-refractivity contribution is 0.245. The van der Waals surface area contributed by atoms with Gasteiger partial charge >= 0.3 is 0 Å². The Morgan fingerprint density at radius 2 is 1.89 bits per heavy atom. The molecule has 0 amide bonds. The van der Waals surface area contributed by atoms with Gasteiger partial charge in [0.05, 0.1) is 0 Å². The number of allylic oxidation sites excluding steroid dienone is 2. The van der Waals surface area contributed by atoms with Gasteiger partial charge < -0.3 is 10.2 Å². The van der Waals surface area contributed by atoms with Crippen LogP contribution >= 0.6 is 0 Å². The SMILES string of the molecule is CC(C)CC(CN(C)C)NC(C)C1CC2C=CC1C2. The second-order valence-corrected chi connectivity index (χ2v) is 7.49. The zero-order chi connectivity index (χ0) is 14.0. The van der Waals surface area contributed by atoms with Crippen molar-refractivity contribution in [3.05, 3.63) is 12.2 Å². The Morgan fingerprint density at radius 3 is 2.37 bits per heavy atom. The van der Waals surface area contributed by atoms with E-state index in [9.17, 15) is 0 Å². The van der Waals surface area contributed by atoms with Gasteiger partial charge in [0.15, 0.2) is 0 Å². The normalized spacial score (nSPS) is 32.5. The Balaban J connectivity index is 1.87. The molecule has 0 radical (unpaired) electrons. The Labute approximate surface area is 119 Å². The lowest BCUT2D eigenvalue weighted by Gasteiger charge is -2.32. The van der Waals surface area contributed by atoms with E-state index in [1.165, 1.54) is 19.3 Å². The van der Waals surface area contributed by atoms with Gasteiger partial charge in [-0.05, 0) is 64.0 Å². The van der Waals surface area contributed by atoms with Crippen LogP contribution in [0.4, 0.5) is 0 Å². The number of hydrogen-bond donors (Lipinski definition) is 1. The Bertz CT molecular complexity index is 298. The molecule has 0 spiro atoms. The Morgan fingerprint density at radius 1 is 1.16 bits per heavy atom. The molecule has 1 fully saturated rings. The molecule has 0 aliphatic heterocycles. The highest BCUT2D eigenvalue weighted by atomic mass is 15.1. The maximum atomic E-state index is 3.93. The van der Waals surface area contributed by atoms with Gasteiger partial charge in [-0.15, -0.1) is 0 Å². The van der Waals surface area contributed by atoms with Crippen LogP contribution in [0.1, 0.15) is 40.0 Å². The fraction of sp³-hybridized carbons (Fsp3) is 0.882. The molecule has 0 saturated heterocycles. The van der Waals surface area contributed by atoms with Gasteiger partial charge in [0.2, 0.25) is 0 Å². The minimum atomic E-state index is 0.633. The molecule has 0 aromatic heterocycles. The lowest BCUT2D eigenvalue weighted by atomic mass is 9.87. The summed E-state index contributed by atoms with van der Waals surface area (Å²) in [6.07, 6.45) is 9.02. The number of likely N-dealkylation sites (N-methyl/N-ethyl adjacent to an activating group) is 1. The third-order valence-electron chi connectivity index (χ3n) is 4.81. The van der Waals surface area contributed by atoms with Crippen LogP contribution < -0.4 is 5.32 Å². The predicted octanol–water partition coefficient (Wildman–Crippen LogP) is 3.15. The van der Waals surface area contributed by atoms with Crippen molar-refractivity contribution in [3.8, 4) is 0 Å². The van der Waals surface area contributed by atoms with Crippen molar-refractivity contribution in [2.75, 3.05) is 20.6 Å². The molecular formula is C17H32N2. The van der Waals surface area contributed by atoms with Crippen molar-refractivity contribution in [1.82, 2.24) is 10.2 Å². The minimum Gasteiger partial charge on any atom is -0.310 e. The first-order chi connectivity index (χ1) is 8.95. The molecule has 2 rings (SSSR count). The summed E-state index contributed by atoms with van der Waals surface area (Å²) in [5, 5.41) is 3.93. The fourth-order valence-electron chi connectivity index (χ4n) is 4.10. The maximum Gasteiger partial charge on any atom is 0.0199 e. The summed E-state index contributed by atoms with van der Waals surface area (Å²) in [6, 6.07) is 1.29. The first-order valence-electron chi connectivity index (χ1n) is 8.04. The van der Waals surface area contributed by atoms with Crippen molar-refractivity contribution in [2.45, 2.75) is 52.1 Å². The van der Waals surface area contributed by atoms with E-state index in [1.54, 1.807) is 0 Å². The van der Waals surface area contributed by atoms with E-state index in [2.05, 4.69) is 57.2 Å². The molecule has 5 unspecified atom stereocenters. The van der Waals surface area contributed by atoms with E-state index in [1.807, 2.05) is 0 Å². The second-order valence-electron chi connectivity index (χ2n) is 7.49. The molecule has 19 heavy (non-hydrogen) atoms. The summed E-state index contributed by atoms with van der Waals surface area (Å²) in [7, 11) is 4.36. The van der Waals surface area contributed by atoms with Crippen LogP contribution in [0.2, 0.25) is 0 Å². The molecule has 2 nitrogen and oxygen atoms in total. The summed E-state index contributed by atoms with van der Waals surface area (Å²) >= 11 is 0. The van der Waals surface area contributed by atoms with Crippen molar-refractivity contribution in [2.24, 2.45) is 23.7 Å². The number of rotatable bonds is 7. The number of nitrogens with zero attached hydrogens (tertiary/aromatic N) is 1. The fourth-order valence-corrected chi connectivity index (χ4v) is 4.10. The summed E-state index contributed by atoms with van der Waals surface area (Å²) < 4.78 is 0. The second kappa shape index (κ2) is 6.41. The molecule has 0 heterocycles. The number of hydrogen-bond acceptors (Lipinski definition) is 2. The summed E-state index contributed by atoms with van der Waals surface area (Å²) in [5.41, 5.74) is 0. The Hall–Kier alpha value is -0.340. The molecule has 1 saturated carbocycles. The number of nitrogens with one attached hydrogen (secondary N) is 1. The quantitative estimate of drug-likeness (QED) is 0.711. The summed E-state index contributed by atoms with van der Waals surface area (Å²) in [6.45, 7) is 8.21. The van der Waals surface area contributed by atoms with E-state index in [-0.39, 0.29) is 0 Å². The maximum absolute atomic E-state index is 3.93. The van der Waals surface area contributed by atoms with Crippen LogP contribution in [0.5, 0.6) is 0 Å².